The van der Waals surface area contributed by atoms with E-state index in [0.29, 0.717) is 31.4 Å². The Kier molecular flexibility index (Phi) is 6.00. The van der Waals surface area contributed by atoms with Crippen LogP contribution in [0.25, 0.3) is 0 Å². The van der Waals surface area contributed by atoms with Gasteiger partial charge in [-0.1, -0.05) is 73.5 Å². The summed E-state index contributed by atoms with van der Waals surface area (Å²) in [5.41, 5.74) is 2.60. The van der Waals surface area contributed by atoms with Gasteiger partial charge in [-0.15, -0.1) is 0 Å². The molecule has 1 aliphatic carbocycles. The molecule has 3 nitrogen and oxygen atoms in total. The molecule has 0 radical (unpaired) electrons. The first kappa shape index (κ1) is 18.4. The third kappa shape index (κ3) is 4.48. The Morgan fingerprint density at radius 1 is 0.926 bits per heavy atom. The molecule has 1 heterocycles. The van der Waals surface area contributed by atoms with Crippen LogP contribution in [-0.2, 0) is 9.53 Å². The van der Waals surface area contributed by atoms with Gasteiger partial charge in [-0.25, -0.2) is 0 Å². The lowest BCUT2D eigenvalue weighted by atomic mass is 9.90. The maximum atomic E-state index is 11.8. The number of nitrogens with zero attached hydrogens (tertiary/aromatic N) is 1. The van der Waals surface area contributed by atoms with Crippen molar-refractivity contribution in [2.45, 2.75) is 50.2 Å². The van der Waals surface area contributed by atoms with Gasteiger partial charge in [-0.05, 0) is 24.0 Å². The summed E-state index contributed by atoms with van der Waals surface area (Å²) in [5.74, 6) is 0.626. The molecule has 0 spiro atoms. The van der Waals surface area contributed by atoms with Crippen molar-refractivity contribution in [3.8, 4) is 0 Å². The second-order valence-corrected chi connectivity index (χ2v) is 7.86. The molecule has 2 atom stereocenters. The number of Topliss-reactive ketones (excluding diaryl/α,β-unsaturated/α-hetero) is 1. The number of ketones is 1. The van der Waals surface area contributed by atoms with Crippen LogP contribution in [0.5, 0.6) is 0 Å². The average molecular weight is 364 g/mol. The van der Waals surface area contributed by atoms with Gasteiger partial charge in [0.2, 0.25) is 0 Å². The van der Waals surface area contributed by atoms with Crippen LogP contribution >= 0.6 is 0 Å². The number of ether oxygens (including phenoxy) is 1. The zero-order valence-corrected chi connectivity index (χ0v) is 15.9. The summed E-state index contributed by atoms with van der Waals surface area (Å²) in [6.07, 6.45) is 5.67. The summed E-state index contributed by atoms with van der Waals surface area (Å²) in [7, 11) is 0. The predicted octanol–water partition coefficient (Wildman–Crippen LogP) is 4.42. The topological polar surface area (TPSA) is 29.5 Å². The molecule has 2 aromatic rings. The molecule has 3 heteroatoms. The average Bonchev–Trinajstić information content (AvgIpc) is 3.16. The summed E-state index contributed by atoms with van der Waals surface area (Å²) in [5, 5.41) is 0. The fourth-order valence-corrected chi connectivity index (χ4v) is 4.60. The number of carbonyl (C=O) groups is 1. The zero-order valence-electron chi connectivity index (χ0n) is 15.9. The molecule has 1 saturated carbocycles. The molecule has 2 fully saturated rings. The normalized spacial score (nSPS) is 23.8. The minimum atomic E-state index is 0.236. The Morgan fingerprint density at radius 2 is 1.56 bits per heavy atom. The van der Waals surface area contributed by atoms with Gasteiger partial charge in [0, 0.05) is 24.9 Å². The molecule has 2 aromatic carbocycles. The molecule has 0 N–H and O–H groups in total. The fraction of sp³-hybridized carbons (Fsp3) is 0.458. The van der Waals surface area contributed by atoms with E-state index in [0.717, 1.165) is 19.4 Å². The number of rotatable bonds is 6. The largest absolute Gasteiger partial charge is 0.376 e. The highest BCUT2D eigenvalue weighted by molar-refractivity contribution is 5.82. The van der Waals surface area contributed by atoms with Crippen molar-refractivity contribution in [3.63, 3.8) is 0 Å². The molecular formula is C24H29NO2. The van der Waals surface area contributed by atoms with Crippen molar-refractivity contribution in [3.05, 3.63) is 71.8 Å². The maximum absolute atomic E-state index is 11.8. The van der Waals surface area contributed by atoms with Crippen molar-refractivity contribution < 1.29 is 9.53 Å². The molecular weight excluding hydrogens is 334 g/mol. The molecule has 27 heavy (non-hydrogen) atoms. The van der Waals surface area contributed by atoms with E-state index in [-0.39, 0.29) is 12.0 Å². The van der Waals surface area contributed by atoms with Crippen LogP contribution in [0.2, 0.25) is 0 Å². The molecule has 1 unspecified atom stereocenters. The number of hydrogen-bond donors (Lipinski definition) is 0. The van der Waals surface area contributed by atoms with Crippen molar-refractivity contribution in [1.82, 2.24) is 4.90 Å². The van der Waals surface area contributed by atoms with Crippen molar-refractivity contribution >= 4 is 5.78 Å². The van der Waals surface area contributed by atoms with Crippen molar-refractivity contribution in [1.29, 1.82) is 0 Å². The van der Waals surface area contributed by atoms with E-state index in [1.54, 1.807) is 0 Å². The Hall–Kier alpha value is -1.97. The molecule has 1 aliphatic heterocycles. The molecule has 1 saturated heterocycles. The standard InChI is InChI=1S/C24H29NO2/c26-21-15-16-25(17-21)23-13-7-8-14-24(23)27-18-22(19-9-3-1-4-10-19)20-11-5-2-6-12-20/h1-6,9-12,22-24H,7-8,13-18H2/t23-,24?/m1/s1. The lowest BCUT2D eigenvalue weighted by Crippen LogP contribution is -2.46. The first-order chi connectivity index (χ1) is 13.3. The van der Waals surface area contributed by atoms with Gasteiger partial charge in [0.25, 0.3) is 0 Å². The van der Waals surface area contributed by atoms with Crippen LogP contribution in [-0.4, -0.2) is 42.5 Å². The van der Waals surface area contributed by atoms with E-state index < -0.39 is 0 Å². The number of likely N-dealkylation sites (tertiary alicyclic amines) is 1. The number of hydrogen-bond acceptors (Lipinski definition) is 3. The van der Waals surface area contributed by atoms with Crippen molar-refractivity contribution in [2.75, 3.05) is 19.7 Å². The van der Waals surface area contributed by atoms with Crippen LogP contribution in [0.3, 0.4) is 0 Å². The van der Waals surface area contributed by atoms with Gasteiger partial charge in [0.05, 0.1) is 19.3 Å². The Bertz CT molecular complexity index is 691. The van der Waals surface area contributed by atoms with Gasteiger partial charge < -0.3 is 4.74 Å². The third-order valence-electron chi connectivity index (χ3n) is 6.07. The smallest absolute Gasteiger partial charge is 0.148 e. The van der Waals surface area contributed by atoms with Gasteiger partial charge in [-0.3, -0.25) is 9.69 Å². The summed E-state index contributed by atoms with van der Waals surface area (Å²) in [4.78, 5) is 14.1. The SMILES string of the molecule is O=C1CCN([C@@H]2CCCCC2OCC(c2ccccc2)c2ccccc2)C1. The van der Waals surface area contributed by atoms with E-state index >= 15 is 0 Å². The van der Waals surface area contributed by atoms with E-state index in [9.17, 15) is 4.79 Å². The van der Waals surface area contributed by atoms with Crippen LogP contribution in [0.15, 0.2) is 60.7 Å². The summed E-state index contributed by atoms with van der Waals surface area (Å²) in [6.45, 7) is 2.21. The summed E-state index contributed by atoms with van der Waals surface area (Å²) in [6, 6.07) is 21.7. The summed E-state index contributed by atoms with van der Waals surface area (Å²) >= 11 is 0. The molecule has 4 rings (SSSR count). The van der Waals surface area contributed by atoms with E-state index in [4.69, 9.17) is 4.74 Å². The monoisotopic (exact) mass is 363 g/mol. The Balaban J connectivity index is 1.48. The van der Waals surface area contributed by atoms with Crippen LogP contribution in [0.1, 0.15) is 49.1 Å². The van der Waals surface area contributed by atoms with E-state index in [2.05, 4.69) is 65.6 Å². The van der Waals surface area contributed by atoms with E-state index in [1.165, 1.54) is 24.0 Å². The van der Waals surface area contributed by atoms with Crippen LogP contribution in [0, 0.1) is 0 Å². The zero-order chi connectivity index (χ0) is 18.5. The van der Waals surface area contributed by atoms with Gasteiger partial charge in [0.15, 0.2) is 0 Å². The lowest BCUT2D eigenvalue weighted by molar-refractivity contribution is -0.117. The second-order valence-electron chi connectivity index (χ2n) is 7.86. The maximum Gasteiger partial charge on any atom is 0.148 e. The highest BCUT2D eigenvalue weighted by atomic mass is 16.5. The molecule has 0 aromatic heterocycles. The number of benzene rings is 2. The van der Waals surface area contributed by atoms with Crippen LogP contribution in [0.4, 0.5) is 0 Å². The minimum Gasteiger partial charge on any atom is -0.376 e. The molecule has 142 valence electrons. The molecule has 2 aliphatic rings. The second kappa shape index (κ2) is 8.81. The van der Waals surface area contributed by atoms with E-state index in [1.807, 2.05) is 0 Å². The quantitative estimate of drug-likeness (QED) is 0.761. The van der Waals surface area contributed by atoms with Gasteiger partial charge >= 0.3 is 0 Å². The first-order valence-electron chi connectivity index (χ1n) is 10.3. The first-order valence-corrected chi connectivity index (χ1v) is 10.3. The van der Waals surface area contributed by atoms with Crippen molar-refractivity contribution in [2.24, 2.45) is 0 Å². The molecule has 0 bridgehead atoms. The Labute approximate surface area is 162 Å². The van der Waals surface area contributed by atoms with Crippen LogP contribution < -0.4 is 0 Å². The minimum absolute atomic E-state index is 0.236. The summed E-state index contributed by atoms with van der Waals surface area (Å²) < 4.78 is 6.56. The fourth-order valence-electron chi connectivity index (χ4n) is 4.60. The Morgan fingerprint density at radius 3 is 2.15 bits per heavy atom. The van der Waals surface area contributed by atoms with Gasteiger partial charge in [-0.2, -0.15) is 0 Å². The third-order valence-corrected chi connectivity index (χ3v) is 6.07. The highest BCUT2D eigenvalue weighted by Gasteiger charge is 2.35. The number of carbonyl (C=O) groups excluding carboxylic acids is 1. The predicted molar refractivity (Wildman–Crippen MR) is 108 cm³/mol. The lowest BCUT2D eigenvalue weighted by Gasteiger charge is -2.38. The highest BCUT2D eigenvalue weighted by Crippen LogP contribution is 2.31. The van der Waals surface area contributed by atoms with Gasteiger partial charge in [0.1, 0.15) is 5.78 Å². The molecule has 0 amide bonds.